The summed E-state index contributed by atoms with van der Waals surface area (Å²) in [5.74, 6) is -0.156. The van der Waals surface area contributed by atoms with Gasteiger partial charge in [-0.15, -0.1) is 0 Å². The molecule has 0 radical (unpaired) electrons. The van der Waals surface area contributed by atoms with Gasteiger partial charge >= 0.3 is 0 Å². The molecule has 2 aliphatic rings. The highest BCUT2D eigenvalue weighted by atomic mass is 16.5. The lowest BCUT2D eigenvalue weighted by Crippen LogP contribution is -2.39. The van der Waals surface area contributed by atoms with Crippen LogP contribution in [0.5, 0.6) is 0 Å². The van der Waals surface area contributed by atoms with Crippen molar-refractivity contribution < 1.29 is 19.1 Å². The molecule has 2 unspecified atom stereocenters. The molecule has 0 aliphatic carbocycles. The number of carbonyl (C=O) groups is 2. The van der Waals surface area contributed by atoms with Crippen LogP contribution < -0.4 is 0 Å². The van der Waals surface area contributed by atoms with Gasteiger partial charge in [-0.3, -0.25) is 9.59 Å². The average molecular weight is 352 g/mol. The molecule has 6 heteroatoms. The Balaban J connectivity index is 1.55. The molecule has 0 N–H and O–H groups in total. The van der Waals surface area contributed by atoms with E-state index >= 15 is 0 Å². The molecule has 4 rings (SSSR count). The summed E-state index contributed by atoms with van der Waals surface area (Å²) in [4.78, 5) is 28.8. The van der Waals surface area contributed by atoms with Crippen LogP contribution in [0.15, 0.2) is 48.5 Å². The Hall–Kier alpha value is -2.70. The molecule has 0 saturated carbocycles. The molecule has 2 heterocycles. The molecule has 2 aliphatic heterocycles. The highest BCUT2D eigenvalue weighted by molar-refractivity contribution is 6.00. The van der Waals surface area contributed by atoms with Gasteiger partial charge in [0.05, 0.1) is 0 Å². The second kappa shape index (κ2) is 6.55. The number of carbonyl (C=O) groups excluding carboxylic acids is 2. The van der Waals surface area contributed by atoms with Crippen molar-refractivity contribution in [2.75, 3.05) is 27.3 Å². The van der Waals surface area contributed by atoms with E-state index in [4.69, 9.17) is 9.47 Å². The molecular formula is C20H20N2O4. The van der Waals surface area contributed by atoms with E-state index < -0.39 is 12.5 Å². The van der Waals surface area contributed by atoms with Gasteiger partial charge < -0.3 is 19.3 Å². The molecule has 0 saturated heterocycles. The average Bonchev–Trinajstić information content (AvgIpc) is 3.11. The first-order valence-electron chi connectivity index (χ1n) is 8.52. The summed E-state index contributed by atoms with van der Waals surface area (Å²) < 4.78 is 11.1. The molecule has 134 valence electrons. The largest absolute Gasteiger partial charge is 0.357 e. The second-order valence-corrected chi connectivity index (χ2v) is 6.35. The maximum atomic E-state index is 12.7. The van der Waals surface area contributed by atoms with Gasteiger partial charge in [-0.05, 0) is 12.1 Å². The molecule has 2 aromatic carbocycles. The minimum atomic E-state index is -0.431. The van der Waals surface area contributed by atoms with Crippen LogP contribution in [-0.4, -0.2) is 48.9 Å². The fourth-order valence-electron chi connectivity index (χ4n) is 3.83. The van der Waals surface area contributed by atoms with E-state index in [1.54, 1.807) is 36.2 Å². The van der Waals surface area contributed by atoms with Crippen molar-refractivity contribution in [3.05, 3.63) is 70.8 Å². The normalized spacial score (nSPS) is 21.3. The minimum Gasteiger partial charge on any atom is -0.357 e. The fraction of sp³-hybridized carbons (Fsp3) is 0.300. The van der Waals surface area contributed by atoms with Crippen LogP contribution in [0.25, 0.3) is 0 Å². The van der Waals surface area contributed by atoms with E-state index in [0.717, 1.165) is 11.1 Å². The van der Waals surface area contributed by atoms with Gasteiger partial charge in [0.2, 0.25) is 0 Å². The summed E-state index contributed by atoms with van der Waals surface area (Å²) in [5.41, 5.74) is 3.02. The van der Waals surface area contributed by atoms with Gasteiger partial charge in [-0.2, -0.15) is 0 Å². The van der Waals surface area contributed by atoms with Crippen LogP contribution in [-0.2, 0) is 9.47 Å². The zero-order chi connectivity index (χ0) is 18.3. The predicted molar refractivity (Wildman–Crippen MR) is 94.5 cm³/mol. The van der Waals surface area contributed by atoms with Crippen LogP contribution in [0.2, 0.25) is 0 Å². The first-order chi connectivity index (χ1) is 12.7. The van der Waals surface area contributed by atoms with Crippen molar-refractivity contribution in [1.29, 1.82) is 0 Å². The van der Waals surface area contributed by atoms with Crippen molar-refractivity contribution in [3.63, 3.8) is 0 Å². The quantitative estimate of drug-likeness (QED) is 0.830. The molecular weight excluding hydrogens is 332 g/mol. The SMILES string of the molecule is COC1c2ccccc2C(=O)N1CCN1C(=O)c2ccccc2C1OC. The Kier molecular flexibility index (Phi) is 4.22. The zero-order valence-corrected chi connectivity index (χ0v) is 14.7. The second-order valence-electron chi connectivity index (χ2n) is 6.35. The lowest BCUT2D eigenvalue weighted by atomic mass is 10.1. The summed E-state index contributed by atoms with van der Waals surface area (Å²) in [6.07, 6.45) is -0.862. The van der Waals surface area contributed by atoms with E-state index in [2.05, 4.69) is 0 Å². The monoisotopic (exact) mass is 352 g/mol. The Bertz CT molecular complexity index is 795. The highest BCUT2D eigenvalue weighted by Gasteiger charge is 2.40. The molecule has 26 heavy (non-hydrogen) atoms. The topological polar surface area (TPSA) is 59.1 Å². The third-order valence-corrected chi connectivity index (χ3v) is 5.03. The molecule has 2 amide bonds. The van der Waals surface area contributed by atoms with Gasteiger partial charge in [0.15, 0.2) is 12.5 Å². The van der Waals surface area contributed by atoms with Crippen LogP contribution >= 0.6 is 0 Å². The van der Waals surface area contributed by atoms with Crippen LogP contribution in [0.1, 0.15) is 44.3 Å². The maximum Gasteiger partial charge on any atom is 0.256 e. The van der Waals surface area contributed by atoms with Gasteiger partial charge in [-0.1, -0.05) is 36.4 Å². The molecule has 2 atom stereocenters. The van der Waals surface area contributed by atoms with Gasteiger partial charge in [-0.25, -0.2) is 0 Å². The number of ether oxygens (including phenoxy) is 2. The van der Waals surface area contributed by atoms with Gasteiger partial charge in [0, 0.05) is 49.6 Å². The summed E-state index contributed by atoms with van der Waals surface area (Å²) in [6, 6.07) is 14.9. The molecule has 6 nitrogen and oxygen atoms in total. The highest BCUT2D eigenvalue weighted by Crippen LogP contribution is 2.36. The first kappa shape index (κ1) is 16.8. The number of methoxy groups -OCH3 is 2. The molecule has 0 spiro atoms. The Labute approximate surface area is 151 Å². The number of hydrogen-bond acceptors (Lipinski definition) is 4. The maximum absolute atomic E-state index is 12.7. The van der Waals surface area contributed by atoms with Crippen molar-refractivity contribution in [2.45, 2.75) is 12.5 Å². The Morgan fingerprint density at radius 1 is 0.731 bits per heavy atom. The summed E-state index contributed by atoms with van der Waals surface area (Å²) in [5, 5.41) is 0. The molecule has 0 bridgehead atoms. The number of benzene rings is 2. The van der Waals surface area contributed by atoms with Gasteiger partial charge in [0.25, 0.3) is 11.8 Å². The van der Waals surface area contributed by atoms with Gasteiger partial charge in [0.1, 0.15) is 0 Å². The number of nitrogens with zero attached hydrogens (tertiary/aromatic N) is 2. The molecule has 2 aromatic rings. The van der Waals surface area contributed by atoms with E-state index in [1.807, 2.05) is 36.4 Å². The fourth-order valence-corrected chi connectivity index (χ4v) is 3.83. The van der Waals surface area contributed by atoms with Crippen LogP contribution in [0.3, 0.4) is 0 Å². The minimum absolute atomic E-state index is 0.0782. The molecule has 0 fully saturated rings. The van der Waals surface area contributed by atoms with Crippen molar-refractivity contribution in [1.82, 2.24) is 9.80 Å². The summed E-state index contributed by atoms with van der Waals surface area (Å²) >= 11 is 0. The van der Waals surface area contributed by atoms with Crippen molar-refractivity contribution >= 4 is 11.8 Å². The van der Waals surface area contributed by atoms with Crippen molar-refractivity contribution in [3.8, 4) is 0 Å². The number of fused-ring (bicyclic) bond motifs is 2. The standard InChI is InChI=1S/C20H20N2O4/c1-25-19-15-9-5-3-7-13(15)17(23)21(19)11-12-22-18(24)14-8-4-6-10-16(14)20(22)26-2/h3-10,19-20H,11-12H2,1-2H3. The third kappa shape index (κ3) is 2.41. The Morgan fingerprint density at radius 3 is 1.50 bits per heavy atom. The number of amides is 2. The zero-order valence-electron chi connectivity index (χ0n) is 14.7. The smallest absolute Gasteiger partial charge is 0.256 e. The summed E-state index contributed by atoms with van der Waals surface area (Å²) in [6.45, 7) is 0.733. The van der Waals surface area contributed by atoms with Crippen LogP contribution in [0, 0.1) is 0 Å². The lowest BCUT2D eigenvalue weighted by Gasteiger charge is -2.29. The number of hydrogen-bond donors (Lipinski definition) is 0. The Morgan fingerprint density at radius 2 is 1.12 bits per heavy atom. The van der Waals surface area contributed by atoms with E-state index in [0.29, 0.717) is 24.2 Å². The van der Waals surface area contributed by atoms with E-state index in [9.17, 15) is 9.59 Å². The first-order valence-corrected chi connectivity index (χ1v) is 8.52. The molecule has 0 aromatic heterocycles. The van der Waals surface area contributed by atoms with E-state index in [1.165, 1.54) is 0 Å². The predicted octanol–water partition coefficient (Wildman–Crippen LogP) is 2.59. The summed E-state index contributed by atoms with van der Waals surface area (Å²) in [7, 11) is 3.17. The van der Waals surface area contributed by atoms with E-state index in [-0.39, 0.29) is 11.8 Å². The van der Waals surface area contributed by atoms with Crippen LogP contribution in [0.4, 0.5) is 0 Å². The lowest BCUT2D eigenvalue weighted by molar-refractivity contribution is -0.0357. The third-order valence-electron chi connectivity index (χ3n) is 5.03. The number of rotatable bonds is 5. The van der Waals surface area contributed by atoms with Crippen molar-refractivity contribution in [2.24, 2.45) is 0 Å².